The molecule has 10 nitrogen and oxygen atoms in total. The van der Waals surface area contributed by atoms with Crippen LogP contribution in [0.2, 0.25) is 0 Å². The normalized spacial score (nSPS) is 33.4. The van der Waals surface area contributed by atoms with E-state index in [1.807, 2.05) is 6.08 Å². The summed E-state index contributed by atoms with van der Waals surface area (Å²) < 4.78 is 5.13. The van der Waals surface area contributed by atoms with Gasteiger partial charge in [0.25, 0.3) is 23.6 Å². The van der Waals surface area contributed by atoms with Gasteiger partial charge in [-0.05, 0) is 36.5 Å². The van der Waals surface area contributed by atoms with E-state index >= 15 is 0 Å². The molecule has 0 bridgehead atoms. The Balaban J connectivity index is 1.56. The Bertz CT molecular complexity index is 1140. The van der Waals surface area contributed by atoms with Gasteiger partial charge < -0.3 is 9.84 Å². The molecule has 172 valence electrons. The second kappa shape index (κ2) is 7.53. The van der Waals surface area contributed by atoms with E-state index < -0.39 is 59.1 Å². The van der Waals surface area contributed by atoms with Gasteiger partial charge in [0.15, 0.2) is 11.5 Å². The zero-order valence-corrected chi connectivity index (χ0v) is 17.6. The van der Waals surface area contributed by atoms with Crippen molar-refractivity contribution < 1.29 is 39.4 Å². The van der Waals surface area contributed by atoms with E-state index in [4.69, 9.17) is 4.74 Å². The highest BCUT2D eigenvalue weighted by Crippen LogP contribution is 2.55. The number of phenols is 1. The number of nitrogens with zero attached hydrogens (tertiary/aromatic N) is 2. The van der Waals surface area contributed by atoms with E-state index in [1.54, 1.807) is 24.3 Å². The Kier molecular flexibility index (Phi) is 4.87. The fraction of sp³-hybridized carbons (Fsp3) is 0.391. The molecule has 4 aliphatic rings. The van der Waals surface area contributed by atoms with Crippen molar-refractivity contribution >= 4 is 29.7 Å². The molecular formula is C23H22N2O8. The minimum absolute atomic E-state index is 0.0288. The Labute approximate surface area is 188 Å². The van der Waals surface area contributed by atoms with Gasteiger partial charge in [-0.1, -0.05) is 29.9 Å². The van der Waals surface area contributed by atoms with E-state index in [0.29, 0.717) is 5.56 Å². The van der Waals surface area contributed by atoms with Gasteiger partial charge in [-0.3, -0.25) is 29.6 Å². The van der Waals surface area contributed by atoms with Crippen molar-refractivity contribution in [1.29, 1.82) is 0 Å². The highest BCUT2D eigenvalue weighted by Gasteiger charge is 2.61. The first-order chi connectivity index (χ1) is 15.7. The Morgan fingerprint density at radius 2 is 1.61 bits per heavy atom. The van der Waals surface area contributed by atoms with Gasteiger partial charge >= 0.3 is 0 Å². The molecule has 6 atom stereocenters. The Hall–Kier alpha value is -3.50. The van der Waals surface area contributed by atoms with Crippen LogP contribution in [0.15, 0.2) is 35.9 Å². The number of rotatable bonds is 3. The van der Waals surface area contributed by atoms with Crippen LogP contribution in [0.3, 0.4) is 0 Å². The number of carbonyl (C=O) groups is 4. The van der Waals surface area contributed by atoms with Crippen LogP contribution in [0.25, 0.3) is 6.08 Å². The van der Waals surface area contributed by atoms with Gasteiger partial charge in [-0.2, -0.15) is 10.1 Å². The SMILES string of the molecule is COc1cc(C=CC2C3=CCC4C(=O)N(O)C(=O)C4C3CC3C(=O)N(O)C(=O)C23)ccc1O. The summed E-state index contributed by atoms with van der Waals surface area (Å²) in [5.74, 6) is -6.90. The lowest BCUT2D eigenvalue weighted by atomic mass is 9.58. The topological polar surface area (TPSA) is 145 Å². The molecule has 3 fully saturated rings. The third-order valence-electron chi connectivity index (χ3n) is 7.36. The molecule has 2 aliphatic heterocycles. The lowest BCUT2D eigenvalue weighted by Gasteiger charge is -2.42. The van der Waals surface area contributed by atoms with Crippen molar-refractivity contribution in [2.75, 3.05) is 7.11 Å². The van der Waals surface area contributed by atoms with E-state index in [1.165, 1.54) is 13.2 Å². The van der Waals surface area contributed by atoms with Crippen LogP contribution in [0.1, 0.15) is 18.4 Å². The molecule has 1 saturated carbocycles. The molecule has 2 aliphatic carbocycles. The summed E-state index contributed by atoms with van der Waals surface area (Å²) in [5, 5.41) is 30.1. The summed E-state index contributed by atoms with van der Waals surface area (Å²) in [4.78, 5) is 50.3. The number of aromatic hydroxyl groups is 1. The molecule has 10 heteroatoms. The number of ether oxygens (including phenoxy) is 1. The molecule has 2 saturated heterocycles. The van der Waals surface area contributed by atoms with Crippen molar-refractivity contribution in [2.24, 2.45) is 35.5 Å². The number of hydroxylamine groups is 4. The fourth-order valence-corrected chi connectivity index (χ4v) is 5.83. The molecule has 6 unspecified atom stereocenters. The predicted octanol–water partition coefficient (Wildman–Crippen LogP) is 1.36. The monoisotopic (exact) mass is 454 g/mol. The summed E-state index contributed by atoms with van der Waals surface area (Å²) in [6.45, 7) is 0. The zero-order valence-electron chi connectivity index (χ0n) is 17.6. The number of hydrogen-bond donors (Lipinski definition) is 3. The zero-order chi connectivity index (χ0) is 23.6. The van der Waals surface area contributed by atoms with E-state index in [2.05, 4.69) is 0 Å². The van der Waals surface area contributed by atoms with Crippen molar-refractivity contribution in [3.05, 3.63) is 41.5 Å². The number of phenolic OH excluding ortho intramolecular Hbond substituents is 1. The average Bonchev–Trinajstić information content (AvgIpc) is 3.17. The van der Waals surface area contributed by atoms with Crippen molar-refractivity contribution in [3.63, 3.8) is 0 Å². The van der Waals surface area contributed by atoms with Gasteiger partial charge in [0.05, 0.1) is 30.8 Å². The number of imide groups is 2. The summed E-state index contributed by atoms with van der Waals surface area (Å²) in [6.07, 6.45) is 5.64. The molecular weight excluding hydrogens is 432 g/mol. The number of benzene rings is 1. The Morgan fingerprint density at radius 3 is 2.30 bits per heavy atom. The first-order valence-corrected chi connectivity index (χ1v) is 10.6. The van der Waals surface area contributed by atoms with Crippen LogP contribution in [0.5, 0.6) is 11.5 Å². The molecule has 1 aromatic rings. The number of hydrogen-bond acceptors (Lipinski definition) is 8. The highest BCUT2D eigenvalue weighted by molar-refractivity contribution is 6.06. The molecule has 1 aromatic carbocycles. The van der Waals surface area contributed by atoms with Gasteiger partial charge in [-0.15, -0.1) is 0 Å². The maximum Gasteiger partial charge on any atom is 0.258 e. The lowest BCUT2D eigenvalue weighted by Crippen LogP contribution is -2.43. The summed E-state index contributed by atoms with van der Waals surface area (Å²) in [7, 11) is 1.42. The summed E-state index contributed by atoms with van der Waals surface area (Å²) in [5.41, 5.74) is 1.41. The highest BCUT2D eigenvalue weighted by atomic mass is 16.5. The largest absolute Gasteiger partial charge is 0.504 e. The van der Waals surface area contributed by atoms with Crippen LogP contribution in [0.4, 0.5) is 0 Å². The van der Waals surface area contributed by atoms with Crippen LogP contribution >= 0.6 is 0 Å². The third-order valence-corrected chi connectivity index (χ3v) is 7.36. The Morgan fingerprint density at radius 1 is 0.939 bits per heavy atom. The number of allylic oxidation sites excluding steroid dienone is 3. The minimum Gasteiger partial charge on any atom is -0.504 e. The molecule has 3 N–H and O–H groups in total. The summed E-state index contributed by atoms with van der Waals surface area (Å²) >= 11 is 0. The van der Waals surface area contributed by atoms with Crippen LogP contribution in [0, 0.1) is 35.5 Å². The van der Waals surface area contributed by atoms with Crippen LogP contribution < -0.4 is 4.74 Å². The lowest BCUT2D eigenvalue weighted by molar-refractivity contribution is -0.174. The number of carbonyl (C=O) groups excluding carboxylic acids is 4. The van der Waals surface area contributed by atoms with Gasteiger partial charge in [-0.25, -0.2) is 0 Å². The maximum atomic E-state index is 12.8. The smallest absolute Gasteiger partial charge is 0.258 e. The van der Waals surface area contributed by atoms with E-state index in [9.17, 15) is 34.7 Å². The average molecular weight is 454 g/mol. The number of methoxy groups -OCH3 is 1. The number of amides is 4. The predicted molar refractivity (Wildman–Crippen MR) is 109 cm³/mol. The maximum absolute atomic E-state index is 12.8. The molecule has 0 radical (unpaired) electrons. The second-order valence-corrected chi connectivity index (χ2v) is 8.84. The number of fused-ring (bicyclic) bond motifs is 4. The first kappa shape index (κ1) is 21.4. The van der Waals surface area contributed by atoms with Gasteiger partial charge in [0, 0.05) is 5.92 Å². The van der Waals surface area contributed by atoms with Crippen molar-refractivity contribution in [2.45, 2.75) is 12.8 Å². The standard InChI is InChI=1S/C23H22N2O8/c1-33-17-8-10(3-7-16(17)26)2-4-12-11-5-6-13-19(23(30)24(31)20(13)27)14(11)9-15-18(12)22(29)25(32)21(15)28/h2-5,7-8,12-15,18-19,26,31-32H,6,9H2,1H3. The molecule has 5 rings (SSSR count). The van der Waals surface area contributed by atoms with Gasteiger partial charge in [0.1, 0.15) is 0 Å². The molecule has 0 aromatic heterocycles. The van der Waals surface area contributed by atoms with E-state index in [-0.39, 0.29) is 34.5 Å². The summed E-state index contributed by atoms with van der Waals surface area (Å²) in [6, 6.07) is 4.73. The van der Waals surface area contributed by atoms with E-state index in [0.717, 1.165) is 5.57 Å². The third kappa shape index (κ3) is 3.01. The fourth-order valence-electron chi connectivity index (χ4n) is 5.83. The van der Waals surface area contributed by atoms with Crippen molar-refractivity contribution in [3.8, 4) is 11.5 Å². The second-order valence-electron chi connectivity index (χ2n) is 8.84. The molecule has 2 heterocycles. The van der Waals surface area contributed by atoms with Crippen LogP contribution in [-0.4, -0.2) is 56.4 Å². The van der Waals surface area contributed by atoms with Crippen LogP contribution in [-0.2, 0) is 19.2 Å². The molecule has 0 spiro atoms. The molecule has 4 amide bonds. The minimum atomic E-state index is -0.844. The molecule has 33 heavy (non-hydrogen) atoms. The first-order valence-electron chi connectivity index (χ1n) is 10.6. The van der Waals surface area contributed by atoms with Crippen molar-refractivity contribution in [1.82, 2.24) is 10.1 Å². The van der Waals surface area contributed by atoms with Gasteiger partial charge in [0.2, 0.25) is 0 Å². The quantitative estimate of drug-likeness (QED) is 0.353.